The van der Waals surface area contributed by atoms with Gasteiger partial charge in [0.15, 0.2) is 0 Å². The minimum Gasteiger partial charge on any atom is -0.486 e. The van der Waals surface area contributed by atoms with Crippen LogP contribution in [0.4, 0.5) is 0 Å². The van der Waals surface area contributed by atoms with Crippen molar-refractivity contribution in [1.29, 1.82) is 0 Å². The fraction of sp³-hybridized carbons (Fsp3) is 0.333. The lowest BCUT2D eigenvalue weighted by molar-refractivity contribution is -0.0797. The SMILES string of the molecule is [2H]c1c([2H])c(Br)c([2H])c(OC2([2H])C([2H])([2H])OC2([2H])[2H])c1[2H]. The maximum absolute atomic E-state index is 7.81. The van der Waals surface area contributed by atoms with Crippen molar-refractivity contribution in [2.24, 2.45) is 0 Å². The molecular weight excluding hydrogens is 220 g/mol. The summed E-state index contributed by atoms with van der Waals surface area (Å²) >= 11 is 2.88. The van der Waals surface area contributed by atoms with Gasteiger partial charge in [0.2, 0.25) is 0 Å². The molecule has 0 aromatic heterocycles. The molecule has 2 rings (SSSR count). The third kappa shape index (κ3) is 1.79. The maximum Gasteiger partial charge on any atom is 0.145 e. The molecule has 64 valence electrons. The first-order valence-corrected chi connectivity index (χ1v) is 3.80. The van der Waals surface area contributed by atoms with Crippen LogP contribution >= 0.6 is 15.9 Å². The smallest absolute Gasteiger partial charge is 0.145 e. The van der Waals surface area contributed by atoms with E-state index in [1.807, 2.05) is 0 Å². The Morgan fingerprint density at radius 3 is 3.33 bits per heavy atom. The maximum atomic E-state index is 7.81. The first-order chi connectivity index (χ1) is 9.36. The van der Waals surface area contributed by atoms with Crippen molar-refractivity contribution < 1.29 is 21.8 Å². The fourth-order valence-electron chi connectivity index (χ4n) is 0.593. The van der Waals surface area contributed by atoms with E-state index in [2.05, 4.69) is 20.7 Å². The lowest BCUT2D eigenvalue weighted by atomic mass is 10.3. The molecule has 1 aliphatic rings. The first-order valence-electron chi connectivity index (χ1n) is 7.51. The van der Waals surface area contributed by atoms with Crippen LogP contribution in [0.25, 0.3) is 0 Å². The average molecular weight is 238 g/mol. The molecule has 0 bridgehead atoms. The summed E-state index contributed by atoms with van der Waals surface area (Å²) in [4.78, 5) is 0. The summed E-state index contributed by atoms with van der Waals surface area (Å²) in [5.74, 6) is -0.658. The van der Waals surface area contributed by atoms with Crippen molar-refractivity contribution in [3.8, 4) is 5.75 Å². The summed E-state index contributed by atoms with van der Waals surface area (Å²) in [5.41, 5.74) is 0. The Morgan fingerprint density at radius 2 is 2.58 bits per heavy atom. The topological polar surface area (TPSA) is 18.5 Å². The van der Waals surface area contributed by atoms with E-state index in [9.17, 15) is 0 Å². The van der Waals surface area contributed by atoms with Gasteiger partial charge in [-0.15, -0.1) is 0 Å². The van der Waals surface area contributed by atoms with Gasteiger partial charge in [-0.3, -0.25) is 0 Å². The Labute approximate surface area is 92.3 Å². The molecule has 1 aromatic carbocycles. The second-order valence-electron chi connectivity index (χ2n) is 1.88. The predicted molar refractivity (Wildman–Crippen MR) is 49.4 cm³/mol. The zero-order chi connectivity index (χ0) is 16.4. The Bertz CT molecular complexity index is 575. The highest BCUT2D eigenvalue weighted by Gasteiger charge is 2.19. The minimum atomic E-state index is -2.83. The van der Waals surface area contributed by atoms with Gasteiger partial charge >= 0.3 is 0 Å². The Balaban J connectivity index is 2.55. The van der Waals surface area contributed by atoms with Crippen LogP contribution in [0.15, 0.2) is 28.6 Å². The van der Waals surface area contributed by atoms with Crippen molar-refractivity contribution in [1.82, 2.24) is 0 Å². The second kappa shape index (κ2) is 3.46. The van der Waals surface area contributed by atoms with Gasteiger partial charge in [-0.2, -0.15) is 0 Å². The van der Waals surface area contributed by atoms with E-state index in [1.54, 1.807) is 0 Å². The number of halogens is 1. The predicted octanol–water partition coefficient (Wildman–Crippen LogP) is 2.23. The molecule has 1 heterocycles. The van der Waals surface area contributed by atoms with E-state index in [0.29, 0.717) is 0 Å². The molecule has 1 aromatic rings. The molecule has 0 unspecified atom stereocenters. The van der Waals surface area contributed by atoms with Crippen molar-refractivity contribution in [2.45, 2.75) is 6.08 Å². The van der Waals surface area contributed by atoms with Gasteiger partial charge in [-0.25, -0.2) is 0 Å². The van der Waals surface area contributed by atoms with E-state index < -0.39 is 49.1 Å². The van der Waals surface area contributed by atoms with Crippen LogP contribution in [0.1, 0.15) is 12.3 Å². The number of rotatable bonds is 2. The fourth-order valence-corrected chi connectivity index (χ4v) is 0.872. The van der Waals surface area contributed by atoms with Gasteiger partial charge < -0.3 is 9.47 Å². The quantitative estimate of drug-likeness (QED) is 0.786. The van der Waals surface area contributed by atoms with Crippen LogP contribution in [0.2, 0.25) is 0 Å². The zero-order valence-electron chi connectivity index (χ0n) is 14.7. The van der Waals surface area contributed by atoms with Gasteiger partial charge in [-0.05, 0) is 18.1 Å². The average Bonchev–Trinajstić information content (AvgIpc) is 2.37. The van der Waals surface area contributed by atoms with Gasteiger partial charge in [0.05, 0.1) is 25.5 Å². The zero-order valence-corrected chi connectivity index (χ0v) is 7.28. The van der Waals surface area contributed by atoms with Gasteiger partial charge in [-0.1, -0.05) is 22.0 Å². The molecular formula is C9H9BrO2. The van der Waals surface area contributed by atoms with Crippen LogP contribution < -0.4 is 4.74 Å². The van der Waals surface area contributed by atoms with Gasteiger partial charge in [0.1, 0.15) is 11.8 Å². The van der Waals surface area contributed by atoms with Crippen LogP contribution in [0, 0.1) is 0 Å². The summed E-state index contributed by atoms with van der Waals surface area (Å²) in [6, 6.07) is -2.24. The third-order valence-electron chi connectivity index (χ3n) is 1.06. The number of hydrogen-bond acceptors (Lipinski definition) is 2. The lowest BCUT2D eigenvalue weighted by Crippen LogP contribution is -2.38. The molecule has 3 heteroatoms. The Morgan fingerprint density at radius 1 is 1.75 bits per heavy atom. The monoisotopic (exact) mass is 237 g/mol. The highest BCUT2D eigenvalue weighted by Crippen LogP contribution is 2.20. The second-order valence-corrected chi connectivity index (χ2v) is 2.67. The molecule has 0 atom stereocenters. The number of ether oxygens (including phenoxy) is 2. The summed E-state index contributed by atoms with van der Waals surface area (Å²) in [6.45, 7) is -5.58. The van der Waals surface area contributed by atoms with Gasteiger partial charge in [0, 0.05) is 4.47 Å². The molecule has 0 radical (unpaired) electrons. The molecule has 0 spiro atoms. The van der Waals surface area contributed by atoms with Crippen molar-refractivity contribution in [2.75, 3.05) is 13.1 Å². The van der Waals surface area contributed by atoms with E-state index in [4.69, 9.17) is 17.1 Å². The normalized spacial score (nSPS) is 38.9. The molecule has 2 nitrogen and oxygen atoms in total. The van der Waals surface area contributed by atoms with E-state index in [0.717, 1.165) is 0 Å². The van der Waals surface area contributed by atoms with Crippen LogP contribution in [-0.2, 0) is 4.74 Å². The number of benzene rings is 1. The Kier molecular flexibility index (Phi) is 0.784. The van der Waals surface area contributed by atoms with Crippen LogP contribution in [0.3, 0.4) is 0 Å². The summed E-state index contributed by atoms with van der Waals surface area (Å²) in [5, 5.41) is 0. The molecule has 0 saturated carbocycles. The first kappa shape index (κ1) is 2.72. The van der Waals surface area contributed by atoms with Crippen molar-refractivity contribution >= 4 is 15.9 Å². The Hall–Kier alpha value is -0.540. The summed E-state index contributed by atoms with van der Waals surface area (Å²) in [7, 11) is 0. The summed E-state index contributed by atoms with van der Waals surface area (Å²) < 4.78 is 76.9. The molecule has 1 aliphatic heterocycles. The molecule has 0 N–H and O–H groups in total. The third-order valence-corrected chi connectivity index (χ3v) is 1.46. The largest absolute Gasteiger partial charge is 0.486 e. The van der Waals surface area contributed by atoms with Crippen LogP contribution in [-0.4, -0.2) is 19.2 Å². The minimum absolute atomic E-state index is 0.163. The molecule has 1 saturated heterocycles. The van der Waals surface area contributed by atoms with E-state index in [1.165, 1.54) is 0 Å². The van der Waals surface area contributed by atoms with Crippen molar-refractivity contribution in [3.05, 3.63) is 28.6 Å². The van der Waals surface area contributed by atoms with E-state index in [-0.39, 0.29) is 4.47 Å². The molecule has 1 fully saturated rings. The standard InChI is InChI=1S/C9H9BrO2/c10-7-2-1-3-8(4-7)12-9-5-11-6-9/h1-4,9H,5-6H2/i1D,2D,3D,4D,5D2,6D2,9D. The van der Waals surface area contributed by atoms with Gasteiger partial charge in [0.25, 0.3) is 0 Å². The molecule has 0 aliphatic carbocycles. The summed E-state index contributed by atoms with van der Waals surface area (Å²) in [6.07, 6.45) is -2.83. The molecule has 12 heavy (non-hydrogen) atoms. The van der Waals surface area contributed by atoms with Crippen LogP contribution in [0.5, 0.6) is 5.75 Å². The highest BCUT2D eigenvalue weighted by atomic mass is 79.9. The highest BCUT2D eigenvalue weighted by molar-refractivity contribution is 9.10. The number of hydrogen-bond donors (Lipinski definition) is 0. The van der Waals surface area contributed by atoms with Crippen molar-refractivity contribution in [3.63, 3.8) is 0 Å². The molecule has 0 amide bonds. The van der Waals surface area contributed by atoms with E-state index >= 15 is 0 Å². The lowest BCUT2D eigenvalue weighted by Gasteiger charge is -2.26.